The fourth-order valence-corrected chi connectivity index (χ4v) is 4.77. The predicted molar refractivity (Wildman–Crippen MR) is 119 cm³/mol. The van der Waals surface area contributed by atoms with Crippen molar-refractivity contribution in [2.24, 2.45) is 0 Å². The van der Waals surface area contributed by atoms with Gasteiger partial charge in [0.1, 0.15) is 12.7 Å². The standard InChI is InChI=1S/C25H28N2O5/c1-17(28)26-14-20(23-10-6-7-11-24(23)26)12-21-13-22(32-18(2)29)15-27(21)25(30)31-16-19-8-4-3-5-9-19/h3-11,20-22H,12-16H2,1-2H3/t20-,21+,22?/m0/s1. The molecule has 168 valence electrons. The number of amides is 2. The van der Waals surface area contributed by atoms with Crippen molar-refractivity contribution in [2.45, 2.75) is 51.4 Å². The lowest BCUT2D eigenvalue weighted by molar-refractivity contribution is -0.145. The summed E-state index contributed by atoms with van der Waals surface area (Å²) in [5.74, 6) is -0.258. The largest absolute Gasteiger partial charge is 0.461 e. The van der Waals surface area contributed by atoms with Gasteiger partial charge in [0.2, 0.25) is 5.91 Å². The molecule has 0 bridgehead atoms. The van der Waals surface area contributed by atoms with E-state index in [2.05, 4.69) is 0 Å². The summed E-state index contributed by atoms with van der Waals surface area (Å²) in [6.07, 6.45) is 0.447. The van der Waals surface area contributed by atoms with E-state index in [4.69, 9.17) is 9.47 Å². The van der Waals surface area contributed by atoms with Gasteiger partial charge in [-0.05, 0) is 23.6 Å². The summed E-state index contributed by atoms with van der Waals surface area (Å²) in [6.45, 7) is 4.02. The topological polar surface area (TPSA) is 76.2 Å². The molecule has 1 fully saturated rings. The third-order valence-corrected chi connectivity index (χ3v) is 6.16. The maximum atomic E-state index is 13.0. The van der Waals surface area contributed by atoms with Crippen molar-refractivity contribution in [1.29, 1.82) is 0 Å². The molecule has 32 heavy (non-hydrogen) atoms. The Morgan fingerprint density at radius 2 is 1.69 bits per heavy atom. The molecule has 2 amide bonds. The number of rotatable bonds is 5. The fourth-order valence-electron chi connectivity index (χ4n) is 4.77. The van der Waals surface area contributed by atoms with Gasteiger partial charge < -0.3 is 19.3 Å². The van der Waals surface area contributed by atoms with Crippen molar-refractivity contribution in [3.8, 4) is 0 Å². The highest BCUT2D eigenvalue weighted by atomic mass is 16.6. The summed E-state index contributed by atoms with van der Waals surface area (Å²) in [5, 5.41) is 0. The lowest BCUT2D eigenvalue weighted by Gasteiger charge is -2.26. The van der Waals surface area contributed by atoms with Gasteiger partial charge in [0.05, 0.1) is 6.54 Å². The van der Waals surface area contributed by atoms with Crippen LogP contribution in [0.5, 0.6) is 0 Å². The van der Waals surface area contributed by atoms with Crippen LogP contribution in [0.1, 0.15) is 43.7 Å². The molecule has 7 heteroatoms. The number of anilines is 1. The van der Waals surface area contributed by atoms with Crippen molar-refractivity contribution in [3.05, 3.63) is 65.7 Å². The highest BCUT2D eigenvalue weighted by Crippen LogP contribution is 2.41. The number of hydrogen-bond donors (Lipinski definition) is 0. The van der Waals surface area contributed by atoms with E-state index in [9.17, 15) is 14.4 Å². The van der Waals surface area contributed by atoms with Crippen molar-refractivity contribution >= 4 is 23.7 Å². The van der Waals surface area contributed by atoms with Crippen molar-refractivity contribution in [1.82, 2.24) is 4.90 Å². The van der Waals surface area contributed by atoms with Crippen molar-refractivity contribution in [2.75, 3.05) is 18.0 Å². The van der Waals surface area contributed by atoms with Gasteiger partial charge in [0, 0.05) is 44.5 Å². The maximum Gasteiger partial charge on any atom is 0.410 e. The molecule has 2 aromatic rings. The number of ether oxygens (including phenoxy) is 2. The molecule has 3 atom stereocenters. The summed E-state index contributed by atoms with van der Waals surface area (Å²) in [6, 6.07) is 17.3. The highest BCUT2D eigenvalue weighted by molar-refractivity contribution is 5.94. The second kappa shape index (κ2) is 9.42. The lowest BCUT2D eigenvalue weighted by Crippen LogP contribution is -2.38. The number of hydrogen-bond acceptors (Lipinski definition) is 5. The molecule has 2 aliphatic heterocycles. The number of nitrogens with zero attached hydrogens (tertiary/aromatic N) is 2. The quantitative estimate of drug-likeness (QED) is 0.665. The molecule has 0 aliphatic carbocycles. The van der Waals surface area contributed by atoms with Crippen LogP contribution >= 0.6 is 0 Å². The lowest BCUT2D eigenvalue weighted by atomic mass is 9.93. The minimum absolute atomic E-state index is 0.00304. The number of para-hydroxylation sites is 1. The van der Waals surface area contributed by atoms with Gasteiger partial charge in [-0.1, -0.05) is 48.5 Å². The third kappa shape index (κ3) is 4.77. The van der Waals surface area contributed by atoms with Crippen LogP contribution in [-0.4, -0.2) is 48.1 Å². The van der Waals surface area contributed by atoms with Crippen molar-refractivity contribution in [3.63, 3.8) is 0 Å². The molecule has 7 nitrogen and oxygen atoms in total. The number of carbonyl (C=O) groups excluding carboxylic acids is 3. The van der Waals surface area contributed by atoms with Gasteiger partial charge >= 0.3 is 12.1 Å². The third-order valence-electron chi connectivity index (χ3n) is 6.16. The molecular weight excluding hydrogens is 408 g/mol. The van der Waals surface area contributed by atoms with Crippen LogP contribution < -0.4 is 4.90 Å². The number of carbonyl (C=O) groups is 3. The molecule has 1 saturated heterocycles. The van der Waals surface area contributed by atoms with Gasteiger partial charge in [-0.3, -0.25) is 9.59 Å². The van der Waals surface area contributed by atoms with E-state index in [0.29, 0.717) is 25.9 Å². The molecule has 0 saturated carbocycles. The average Bonchev–Trinajstić information content (AvgIpc) is 3.34. The first-order valence-electron chi connectivity index (χ1n) is 10.9. The zero-order chi connectivity index (χ0) is 22.7. The van der Waals surface area contributed by atoms with E-state index in [1.807, 2.05) is 54.6 Å². The van der Waals surface area contributed by atoms with Gasteiger partial charge in [-0.15, -0.1) is 0 Å². The van der Waals surface area contributed by atoms with Crippen LogP contribution in [0.15, 0.2) is 54.6 Å². The molecule has 0 radical (unpaired) electrons. The monoisotopic (exact) mass is 436 g/mol. The SMILES string of the molecule is CC(=O)OC1C[C@@H](C[C@H]2CN(C(C)=O)c3ccccc32)N(C(=O)OCc2ccccc2)C1. The number of benzene rings is 2. The van der Waals surface area contributed by atoms with Crippen LogP contribution in [0, 0.1) is 0 Å². The Morgan fingerprint density at radius 3 is 2.41 bits per heavy atom. The molecule has 2 aromatic carbocycles. The summed E-state index contributed by atoms with van der Waals surface area (Å²) < 4.78 is 11.0. The fraction of sp³-hybridized carbons (Fsp3) is 0.400. The Bertz CT molecular complexity index is 993. The molecule has 4 rings (SSSR count). The molecule has 0 spiro atoms. The van der Waals surface area contributed by atoms with E-state index in [1.165, 1.54) is 6.92 Å². The van der Waals surface area contributed by atoms with Gasteiger partial charge in [0.15, 0.2) is 0 Å². The van der Waals surface area contributed by atoms with E-state index >= 15 is 0 Å². The van der Waals surface area contributed by atoms with Crippen LogP contribution in [0.2, 0.25) is 0 Å². The molecular formula is C25H28N2O5. The van der Waals surface area contributed by atoms with Gasteiger partial charge in [0.25, 0.3) is 0 Å². The minimum atomic E-state index is -0.414. The summed E-state index contributed by atoms with van der Waals surface area (Å²) in [4.78, 5) is 40.1. The normalized spacial score (nSPS) is 21.9. The second-order valence-electron chi connectivity index (χ2n) is 8.43. The Labute approximate surface area is 187 Å². The molecule has 1 unspecified atom stereocenters. The van der Waals surface area contributed by atoms with Crippen LogP contribution in [-0.2, 0) is 25.7 Å². The highest BCUT2D eigenvalue weighted by Gasteiger charge is 2.41. The van der Waals surface area contributed by atoms with E-state index < -0.39 is 6.09 Å². The summed E-state index contributed by atoms with van der Waals surface area (Å²) in [7, 11) is 0. The van der Waals surface area contributed by atoms with E-state index in [-0.39, 0.29) is 36.5 Å². The van der Waals surface area contributed by atoms with E-state index in [1.54, 1.807) is 16.7 Å². The Kier molecular flexibility index (Phi) is 6.44. The van der Waals surface area contributed by atoms with Crippen LogP contribution in [0.4, 0.5) is 10.5 Å². The average molecular weight is 437 g/mol. The maximum absolute atomic E-state index is 13.0. The zero-order valence-corrected chi connectivity index (χ0v) is 18.4. The van der Waals surface area contributed by atoms with Gasteiger partial charge in [-0.25, -0.2) is 4.79 Å². The molecule has 0 N–H and O–H groups in total. The first-order valence-corrected chi connectivity index (χ1v) is 10.9. The second-order valence-corrected chi connectivity index (χ2v) is 8.43. The minimum Gasteiger partial charge on any atom is -0.461 e. The van der Waals surface area contributed by atoms with Crippen molar-refractivity contribution < 1.29 is 23.9 Å². The van der Waals surface area contributed by atoms with Crippen LogP contribution in [0.25, 0.3) is 0 Å². The first kappa shape index (κ1) is 21.9. The first-order chi connectivity index (χ1) is 15.4. The smallest absolute Gasteiger partial charge is 0.410 e. The number of fused-ring (bicyclic) bond motifs is 1. The molecule has 0 aromatic heterocycles. The zero-order valence-electron chi connectivity index (χ0n) is 18.4. The Hall–Kier alpha value is -3.35. The predicted octanol–water partition coefficient (Wildman–Crippen LogP) is 3.87. The molecule has 2 heterocycles. The Balaban J connectivity index is 1.49. The van der Waals surface area contributed by atoms with E-state index in [0.717, 1.165) is 16.8 Å². The number of esters is 1. The van der Waals surface area contributed by atoms with Gasteiger partial charge in [-0.2, -0.15) is 0 Å². The molecule has 2 aliphatic rings. The Morgan fingerprint density at radius 1 is 0.969 bits per heavy atom. The van der Waals surface area contributed by atoms with Crippen LogP contribution in [0.3, 0.4) is 0 Å². The number of likely N-dealkylation sites (tertiary alicyclic amines) is 1. The summed E-state index contributed by atoms with van der Waals surface area (Å²) >= 11 is 0. The summed E-state index contributed by atoms with van der Waals surface area (Å²) in [5.41, 5.74) is 2.95.